The number of carbonyl (C=O) groups excluding carboxylic acids is 1. The van der Waals surface area contributed by atoms with E-state index in [1.165, 1.54) is 29.0 Å². The molecule has 1 amide bonds. The summed E-state index contributed by atoms with van der Waals surface area (Å²) in [5, 5.41) is 3.60. The number of hydrogen-bond donors (Lipinski definition) is 1. The topological polar surface area (TPSA) is 76.1 Å². The van der Waals surface area contributed by atoms with Crippen molar-refractivity contribution in [2.75, 3.05) is 11.6 Å². The van der Waals surface area contributed by atoms with Gasteiger partial charge in [0.15, 0.2) is 9.84 Å². The normalized spacial score (nSPS) is 11.4. The number of hydrogen-bond acceptors (Lipinski definition) is 5. The molecule has 140 valence electrons. The van der Waals surface area contributed by atoms with Gasteiger partial charge in [0.25, 0.3) is 5.91 Å². The number of amides is 1. The van der Waals surface area contributed by atoms with Crippen molar-refractivity contribution in [3.63, 3.8) is 0 Å². The summed E-state index contributed by atoms with van der Waals surface area (Å²) >= 11 is 1.34. The molecule has 0 atom stereocenters. The molecule has 0 spiro atoms. The van der Waals surface area contributed by atoms with Gasteiger partial charge in [-0.2, -0.15) is 0 Å². The molecule has 0 saturated heterocycles. The smallest absolute Gasteiger partial charge is 0.267 e. The maximum atomic E-state index is 12.6. The summed E-state index contributed by atoms with van der Waals surface area (Å²) in [5.74, 6) is -0.256. The molecule has 5 nitrogen and oxygen atoms in total. The maximum absolute atomic E-state index is 12.6. The standard InChI is InChI=1S/C20H20N2O3S2/c1-4-14-5-7-15(8-6-14)20-21-13(2)18(26-20)19(23)22-16-9-11-17(12-10-16)27(3,24)25/h5-12H,4H2,1-3H3,(H,22,23). The summed E-state index contributed by atoms with van der Waals surface area (Å²) in [5.41, 5.74) is 3.44. The van der Waals surface area contributed by atoms with Crippen LogP contribution in [0.15, 0.2) is 53.4 Å². The van der Waals surface area contributed by atoms with Crippen LogP contribution in [0.3, 0.4) is 0 Å². The Balaban J connectivity index is 1.80. The van der Waals surface area contributed by atoms with E-state index in [0.29, 0.717) is 16.3 Å². The fourth-order valence-corrected chi connectivity index (χ4v) is 4.18. The highest BCUT2D eigenvalue weighted by Crippen LogP contribution is 2.29. The Morgan fingerprint density at radius 1 is 1.07 bits per heavy atom. The van der Waals surface area contributed by atoms with Crippen LogP contribution < -0.4 is 5.32 Å². The molecule has 0 saturated carbocycles. The zero-order valence-corrected chi connectivity index (χ0v) is 16.9. The molecule has 2 aromatic carbocycles. The molecule has 1 aromatic heterocycles. The molecule has 0 aliphatic carbocycles. The van der Waals surface area contributed by atoms with E-state index >= 15 is 0 Å². The summed E-state index contributed by atoms with van der Waals surface area (Å²) in [6.45, 7) is 3.91. The number of anilines is 1. The average Bonchev–Trinajstić information content (AvgIpc) is 3.03. The van der Waals surface area contributed by atoms with Crippen LogP contribution in [0, 0.1) is 6.92 Å². The summed E-state index contributed by atoms with van der Waals surface area (Å²) < 4.78 is 23.0. The second-order valence-electron chi connectivity index (χ2n) is 6.23. The van der Waals surface area contributed by atoms with Crippen LogP contribution in [0.25, 0.3) is 10.6 Å². The Bertz CT molecular complexity index is 1070. The van der Waals surface area contributed by atoms with Gasteiger partial charge in [0, 0.05) is 17.5 Å². The highest BCUT2D eigenvalue weighted by atomic mass is 32.2. The molecule has 0 aliphatic heterocycles. The first kappa shape index (κ1) is 19.3. The van der Waals surface area contributed by atoms with Gasteiger partial charge >= 0.3 is 0 Å². The average molecular weight is 401 g/mol. The number of nitrogens with zero attached hydrogens (tertiary/aromatic N) is 1. The van der Waals surface area contributed by atoms with Crippen molar-refractivity contribution < 1.29 is 13.2 Å². The Morgan fingerprint density at radius 2 is 1.70 bits per heavy atom. The number of carbonyl (C=O) groups is 1. The van der Waals surface area contributed by atoms with E-state index < -0.39 is 9.84 Å². The Morgan fingerprint density at radius 3 is 2.26 bits per heavy atom. The van der Waals surface area contributed by atoms with E-state index in [1.807, 2.05) is 19.1 Å². The lowest BCUT2D eigenvalue weighted by Crippen LogP contribution is -2.11. The van der Waals surface area contributed by atoms with Gasteiger partial charge in [-0.1, -0.05) is 31.2 Å². The minimum Gasteiger partial charge on any atom is -0.321 e. The third kappa shape index (κ3) is 4.43. The van der Waals surface area contributed by atoms with Gasteiger partial charge < -0.3 is 5.32 Å². The maximum Gasteiger partial charge on any atom is 0.267 e. The molecular formula is C20H20N2O3S2. The molecule has 0 radical (unpaired) electrons. The van der Waals surface area contributed by atoms with E-state index in [4.69, 9.17) is 0 Å². The number of aromatic nitrogens is 1. The van der Waals surface area contributed by atoms with Crippen LogP contribution in [-0.2, 0) is 16.3 Å². The van der Waals surface area contributed by atoms with E-state index in [1.54, 1.807) is 12.1 Å². The predicted octanol–water partition coefficient (Wildman–Crippen LogP) is 4.34. The lowest BCUT2D eigenvalue weighted by atomic mass is 10.1. The molecule has 0 aliphatic rings. The number of thiazole rings is 1. The molecule has 1 N–H and O–H groups in total. The first-order chi connectivity index (χ1) is 12.8. The third-order valence-electron chi connectivity index (χ3n) is 4.15. The molecule has 27 heavy (non-hydrogen) atoms. The summed E-state index contributed by atoms with van der Waals surface area (Å²) in [4.78, 5) is 17.9. The molecule has 0 fully saturated rings. The van der Waals surface area contributed by atoms with Gasteiger partial charge in [0.2, 0.25) is 0 Å². The lowest BCUT2D eigenvalue weighted by molar-refractivity contribution is 0.103. The Kier molecular flexibility index (Phi) is 5.43. The zero-order chi connectivity index (χ0) is 19.6. The van der Waals surface area contributed by atoms with Gasteiger partial charge in [-0.15, -0.1) is 11.3 Å². The molecule has 1 heterocycles. The molecule has 0 unspecified atom stereocenters. The summed E-state index contributed by atoms with van der Waals surface area (Å²) in [6.07, 6.45) is 2.12. The van der Waals surface area contributed by atoms with Gasteiger partial charge in [-0.3, -0.25) is 4.79 Å². The first-order valence-corrected chi connectivity index (χ1v) is 11.2. The lowest BCUT2D eigenvalue weighted by Gasteiger charge is -2.05. The van der Waals surface area contributed by atoms with Gasteiger partial charge in [-0.25, -0.2) is 13.4 Å². The van der Waals surface area contributed by atoms with E-state index in [9.17, 15) is 13.2 Å². The Hall–Kier alpha value is -2.51. The SMILES string of the molecule is CCc1ccc(-c2nc(C)c(C(=O)Nc3ccc(S(C)(=O)=O)cc3)s2)cc1. The molecule has 3 aromatic rings. The second-order valence-corrected chi connectivity index (χ2v) is 9.25. The first-order valence-electron chi connectivity index (χ1n) is 8.46. The minimum atomic E-state index is -3.26. The van der Waals surface area contributed by atoms with Crippen LogP contribution in [0.4, 0.5) is 5.69 Å². The predicted molar refractivity (Wildman–Crippen MR) is 109 cm³/mol. The fraction of sp³-hybridized carbons (Fsp3) is 0.200. The van der Waals surface area contributed by atoms with E-state index in [2.05, 4.69) is 29.4 Å². The molecule has 7 heteroatoms. The largest absolute Gasteiger partial charge is 0.321 e. The highest BCUT2D eigenvalue weighted by molar-refractivity contribution is 7.90. The van der Waals surface area contributed by atoms with E-state index in [-0.39, 0.29) is 10.8 Å². The number of aryl methyl sites for hydroxylation is 2. The molecule has 0 bridgehead atoms. The summed E-state index contributed by atoms with van der Waals surface area (Å²) in [6, 6.07) is 14.3. The zero-order valence-electron chi connectivity index (χ0n) is 15.3. The van der Waals surface area contributed by atoms with Crippen LogP contribution >= 0.6 is 11.3 Å². The summed E-state index contributed by atoms with van der Waals surface area (Å²) in [7, 11) is -3.26. The van der Waals surface area contributed by atoms with Gasteiger partial charge in [0.1, 0.15) is 9.88 Å². The van der Waals surface area contributed by atoms with Crippen molar-refractivity contribution in [3.05, 3.63) is 64.7 Å². The minimum absolute atomic E-state index is 0.215. The van der Waals surface area contributed by atoms with Gasteiger partial charge in [-0.05, 0) is 43.2 Å². The van der Waals surface area contributed by atoms with Crippen molar-refractivity contribution >= 4 is 32.8 Å². The number of sulfone groups is 1. The fourth-order valence-electron chi connectivity index (χ4n) is 2.59. The second kappa shape index (κ2) is 7.62. The van der Waals surface area contributed by atoms with Crippen molar-refractivity contribution in [1.82, 2.24) is 4.98 Å². The van der Waals surface area contributed by atoms with Crippen molar-refractivity contribution in [2.24, 2.45) is 0 Å². The molecule has 3 rings (SSSR count). The quantitative estimate of drug-likeness (QED) is 0.691. The molecular weight excluding hydrogens is 380 g/mol. The number of nitrogens with one attached hydrogen (secondary N) is 1. The van der Waals surface area contributed by atoms with Crippen molar-refractivity contribution in [3.8, 4) is 10.6 Å². The van der Waals surface area contributed by atoms with E-state index in [0.717, 1.165) is 23.2 Å². The number of benzene rings is 2. The van der Waals surface area contributed by atoms with Gasteiger partial charge in [0.05, 0.1) is 10.6 Å². The highest BCUT2D eigenvalue weighted by Gasteiger charge is 2.17. The van der Waals surface area contributed by atoms with Crippen LogP contribution in [-0.4, -0.2) is 25.6 Å². The van der Waals surface area contributed by atoms with Crippen LogP contribution in [0.1, 0.15) is 27.9 Å². The monoisotopic (exact) mass is 400 g/mol. The van der Waals surface area contributed by atoms with Crippen molar-refractivity contribution in [1.29, 1.82) is 0 Å². The van der Waals surface area contributed by atoms with Crippen LogP contribution in [0.2, 0.25) is 0 Å². The van der Waals surface area contributed by atoms with Crippen molar-refractivity contribution in [2.45, 2.75) is 25.2 Å². The number of rotatable bonds is 5. The van der Waals surface area contributed by atoms with Crippen LogP contribution in [0.5, 0.6) is 0 Å². The Labute approximate surface area is 163 Å². The third-order valence-corrected chi connectivity index (χ3v) is 6.49.